The Labute approximate surface area is 193 Å². The van der Waals surface area contributed by atoms with Gasteiger partial charge in [0.25, 0.3) is 11.8 Å². The number of carbonyl (C=O) groups excluding carboxylic acids is 2. The zero-order chi connectivity index (χ0) is 25.0. The largest absolute Gasteiger partial charge is 0.481 e. The van der Waals surface area contributed by atoms with Crippen molar-refractivity contribution in [1.29, 1.82) is 5.41 Å². The van der Waals surface area contributed by atoms with Crippen LogP contribution in [0, 0.1) is 5.41 Å². The molecule has 180 valence electrons. The van der Waals surface area contributed by atoms with Gasteiger partial charge in [0.15, 0.2) is 0 Å². The number of carboxylic acid groups (broad SMARTS) is 1. The molecule has 2 aromatic carbocycles. The molecule has 1 aliphatic rings. The van der Waals surface area contributed by atoms with Crippen molar-refractivity contribution in [2.45, 2.75) is 31.5 Å². The summed E-state index contributed by atoms with van der Waals surface area (Å²) in [5, 5.41) is 19.2. The van der Waals surface area contributed by atoms with Gasteiger partial charge in [0, 0.05) is 24.2 Å². The molecule has 0 aromatic heterocycles. The van der Waals surface area contributed by atoms with Crippen LogP contribution in [0.25, 0.3) is 0 Å². The Kier molecular flexibility index (Phi) is 7.23. The number of nitrogens with one attached hydrogen (secondary N) is 2. The van der Waals surface area contributed by atoms with Gasteiger partial charge < -0.3 is 21.1 Å². The molecule has 11 heteroatoms. The summed E-state index contributed by atoms with van der Waals surface area (Å²) < 4.78 is 41.2. The molecule has 0 saturated carbocycles. The number of nitrogen functional groups attached to an aromatic ring is 1. The number of likely N-dealkylation sites (tertiary alicyclic amines) is 1. The summed E-state index contributed by atoms with van der Waals surface area (Å²) in [6.07, 6.45) is -4.01. The van der Waals surface area contributed by atoms with Gasteiger partial charge in [-0.3, -0.25) is 19.8 Å². The molecular formula is C23H23F3N4O4. The van der Waals surface area contributed by atoms with Crippen LogP contribution in [0.1, 0.15) is 62.7 Å². The lowest BCUT2D eigenvalue weighted by atomic mass is 9.99. The van der Waals surface area contributed by atoms with E-state index in [1.807, 2.05) is 0 Å². The lowest BCUT2D eigenvalue weighted by molar-refractivity contribution is -0.138. The van der Waals surface area contributed by atoms with Crippen LogP contribution < -0.4 is 11.1 Å². The highest BCUT2D eigenvalue weighted by atomic mass is 19.4. The van der Waals surface area contributed by atoms with Crippen molar-refractivity contribution in [3.8, 4) is 0 Å². The van der Waals surface area contributed by atoms with Crippen molar-refractivity contribution < 1.29 is 32.7 Å². The van der Waals surface area contributed by atoms with Gasteiger partial charge in [0.05, 0.1) is 23.6 Å². The van der Waals surface area contributed by atoms with Gasteiger partial charge in [-0.15, -0.1) is 0 Å². The van der Waals surface area contributed by atoms with Gasteiger partial charge in [0.2, 0.25) is 0 Å². The molecule has 1 heterocycles. The van der Waals surface area contributed by atoms with Crippen molar-refractivity contribution >= 4 is 23.6 Å². The van der Waals surface area contributed by atoms with Gasteiger partial charge in [-0.05, 0) is 42.7 Å². The summed E-state index contributed by atoms with van der Waals surface area (Å²) in [5.41, 5.74) is 3.93. The Bertz CT molecular complexity index is 1130. The van der Waals surface area contributed by atoms with E-state index in [9.17, 15) is 32.7 Å². The molecule has 0 spiro atoms. The number of carboxylic acids is 1. The molecule has 0 bridgehead atoms. The molecule has 2 aromatic rings. The second kappa shape index (κ2) is 9.94. The molecule has 2 amide bonds. The molecule has 1 aliphatic heterocycles. The molecule has 3 rings (SSSR count). The van der Waals surface area contributed by atoms with Crippen LogP contribution in [0.15, 0.2) is 42.5 Å². The zero-order valence-electron chi connectivity index (χ0n) is 18.0. The highest BCUT2D eigenvalue weighted by Crippen LogP contribution is 2.34. The van der Waals surface area contributed by atoms with Crippen molar-refractivity contribution in [3.05, 3.63) is 70.3 Å². The second-order valence-electron chi connectivity index (χ2n) is 7.92. The van der Waals surface area contributed by atoms with Crippen molar-refractivity contribution in [2.24, 2.45) is 5.73 Å². The van der Waals surface area contributed by atoms with E-state index in [4.69, 9.17) is 11.1 Å². The number of alkyl halides is 3. The number of rotatable bonds is 7. The fraction of sp³-hybridized carbons (Fsp3) is 0.304. The van der Waals surface area contributed by atoms with Crippen LogP contribution in [-0.2, 0) is 11.0 Å². The number of amidine groups is 1. The predicted octanol–water partition coefficient (Wildman–Crippen LogP) is 3.17. The number of aliphatic carboxylic acids is 1. The first-order valence-corrected chi connectivity index (χ1v) is 10.4. The summed E-state index contributed by atoms with van der Waals surface area (Å²) in [6.45, 7) is 0.739. The Morgan fingerprint density at radius 3 is 2.35 bits per heavy atom. The zero-order valence-corrected chi connectivity index (χ0v) is 18.0. The van der Waals surface area contributed by atoms with Crippen molar-refractivity contribution in [2.75, 3.05) is 13.1 Å². The highest BCUT2D eigenvalue weighted by Gasteiger charge is 2.37. The summed E-state index contributed by atoms with van der Waals surface area (Å²) in [6, 6.07) is 7.57. The van der Waals surface area contributed by atoms with E-state index in [1.54, 1.807) is 0 Å². The number of amides is 2. The Morgan fingerprint density at radius 1 is 1.09 bits per heavy atom. The van der Waals surface area contributed by atoms with E-state index in [2.05, 4.69) is 5.32 Å². The molecule has 1 fully saturated rings. The SMILES string of the molecule is N=C(N)c1cccc(C(CC(=O)O)NC(=O)c2ccc(C(=O)N3CCCC3)c(C(F)(F)F)c2)c1. The van der Waals surface area contributed by atoms with Crippen LogP contribution in [-0.4, -0.2) is 46.7 Å². The number of benzene rings is 2. The van der Waals surface area contributed by atoms with Gasteiger partial charge in [-0.25, -0.2) is 0 Å². The molecule has 0 radical (unpaired) electrons. The third-order valence-corrected chi connectivity index (χ3v) is 5.49. The monoisotopic (exact) mass is 476 g/mol. The Hall–Kier alpha value is -3.89. The number of nitrogens with two attached hydrogens (primary N) is 1. The maximum absolute atomic E-state index is 13.7. The molecule has 8 nitrogen and oxygen atoms in total. The maximum atomic E-state index is 13.7. The molecule has 1 unspecified atom stereocenters. The summed E-state index contributed by atoms with van der Waals surface area (Å²) in [4.78, 5) is 38.1. The van der Waals surface area contributed by atoms with Gasteiger partial charge in [0.1, 0.15) is 5.84 Å². The lowest BCUT2D eigenvalue weighted by Gasteiger charge is -2.21. The number of nitrogens with zero attached hydrogens (tertiary/aromatic N) is 1. The Balaban J connectivity index is 1.92. The number of carbonyl (C=O) groups is 3. The average Bonchev–Trinajstić information content (AvgIpc) is 3.32. The van der Waals surface area contributed by atoms with Crippen LogP contribution in [0.4, 0.5) is 13.2 Å². The third kappa shape index (κ3) is 5.72. The van der Waals surface area contributed by atoms with Crippen molar-refractivity contribution in [1.82, 2.24) is 10.2 Å². The topological polar surface area (TPSA) is 137 Å². The number of hydrogen-bond donors (Lipinski definition) is 4. The van der Waals surface area contributed by atoms with E-state index in [-0.39, 0.29) is 11.4 Å². The fourth-order valence-corrected chi connectivity index (χ4v) is 3.79. The normalized spacial score (nSPS) is 14.5. The minimum absolute atomic E-state index is 0.268. The van der Waals surface area contributed by atoms with E-state index in [0.29, 0.717) is 43.1 Å². The van der Waals surface area contributed by atoms with E-state index >= 15 is 0 Å². The van der Waals surface area contributed by atoms with E-state index in [0.717, 1.165) is 12.1 Å². The average molecular weight is 476 g/mol. The van der Waals surface area contributed by atoms with E-state index < -0.39 is 47.5 Å². The molecular weight excluding hydrogens is 453 g/mol. The standard InChI is InChI=1S/C23H23F3N4O4/c24-23(25,26)17-11-15(6-7-16(17)22(34)30-8-1-2-9-30)21(33)29-18(12-19(31)32)13-4-3-5-14(10-13)20(27)28/h3-7,10-11,18H,1-2,8-9,12H2,(H3,27,28)(H,29,33)(H,31,32). The van der Waals surface area contributed by atoms with Crippen LogP contribution >= 0.6 is 0 Å². The fourth-order valence-electron chi connectivity index (χ4n) is 3.79. The minimum Gasteiger partial charge on any atom is -0.481 e. The van der Waals surface area contributed by atoms with E-state index in [1.165, 1.54) is 29.2 Å². The molecule has 1 atom stereocenters. The van der Waals surface area contributed by atoms with Crippen LogP contribution in [0.2, 0.25) is 0 Å². The number of hydrogen-bond acceptors (Lipinski definition) is 4. The van der Waals surface area contributed by atoms with Crippen LogP contribution in [0.3, 0.4) is 0 Å². The number of halogens is 3. The molecule has 0 aliphatic carbocycles. The molecule has 1 saturated heterocycles. The van der Waals surface area contributed by atoms with Crippen LogP contribution in [0.5, 0.6) is 0 Å². The van der Waals surface area contributed by atoms with Gasteiger partial charge in [-0.1, -0.05) is 18.2 Å². The first-order chi connectivity index (χ1) is 16.0. The van der Waals surface area contributed by atoms with Gasteiger partial charge in [-0.2, -0.15) is 13.2 Å². The maximum Gasteiger partial charge on any atom is 0.417 e. The second-order valence-corrected chi connectivity index (χ2v) is 7.92. The molecule has 5 N–H and O–H groups in total. The molecule has 34 heavy (non-hydrogen) atoms. The third-order valence-electron chi connectivity index (χ3n) is 5.49. The lowest BCUT2D eigenvalue weighted by Crippen LogP contribution is -2.32. The first kappa shape index (κ1) is 24.7. The predicted molar refractivity (Wildman–Crippen MR) is 116 cm³/mol. The first-order valence-electron chi connectivity index (χ1n) is 10.4. The summed E-state index contributed by atoms with van der Waals surface area (Å²) in [7, 11) is 0. The summed E-state index contributed by atoms with van der Waals surface area (Å²) >= 11 is 0. The smallest absolute Gasteiger partial charge is 0.417 e. The quantitative estimate of drug-likeness (QED) is 0.359. The minimum atomic E-state index is -4.88. The highest BCUT2D eigenvalue weighted by molar-refractivity contribution is 6.00. The Morgan fingerprint density at radius 2 is 1.76 bits per heavy atom. The van der Waals surface area contributed by atoms with Crippen molar-refractivity contribution in [3.63, 3.8) is 0 Å². The van der Waals surface area contributed by atoms with Gasteiger partial charge >= 0.3 is 12.1 Å². The summed E-state index contributed by atoms with van der Waals surface area (Å²) in [5.74, 6) is -3.21.